The van der Waals surface area contributed by atoms with E-state index in [1.54, 1.807) is 53.8 Å². The standard InChI is InChI=1S/C46H60N16O6/c1-7-53-35(20-28(3)47)43(65)58-45-56-33-22-30(41(49)63)24-37(67-18-12-11-15-60-27-32(52-6)26-55-60)39(33)61(45)16-9-10-17-62-40-34(23-31(42(50)64)25-38(40)68-19-13-14-51-5)57-46(62)59-44(66)36(54-8-2)21-29(4)48/h9-12,20-27,51-52H,7-8,13-19,47-48H2,1-6H3,(H2,49,63)(H2,50,64)(H,56,58,65)(H,57,59,66)/b10-9+,12-11+,28-20-,29-21-,53-35?,54-36?. The van der Waals surface area contributed by atoms with Crippen LogP contribution in [0.5, 0.6) is 11.5 Å². The van der Waals surface area contributed by atoms with E-state index in [0.29, 0.717) is 78.4 Å². The molecule has 3 aromatic heterocycles. The number of carbonyl (C=O) groups excluding carboxylic acids is 4. The highest BCUT2D eigenvalue weighted by Gasteiger charge is 2.23. The van der Waals surface area contributed by atoms with Crippen LogP contribution in [0.1, 0.15) is 54.8 Å². The van der Waals surface area contributed by atoms with E-state index in [2.05, 4.69) is 36.4 Å². The molecule has 0 saturated carbocycles. The van der Waals surface area contributed by atoms with Crippen LogP contribution in [0.25, 0.3) is 22.1 Å². The number of nitrogens with zero attached hydrogens (tertiary/aromatic N) is 8. The van der Waals surface area contributed by atoms with Gasteiger partial charge in [0.2, 0.25) is 23.7 Å². The van der Waals surface area contributed by atoms with Gasteiger partial charge in [-0.1, -0.05) is 18.2 Å². The molecule has 12 N–H and O–H groups in total. The molecular weight excluding hydrogens is 873 g/mol. The molecule has 5 rings (SSSR count). The zero-order valence-corrected chi connectivity index (χ0v) is 39.1. The van der Waals surface area contributed by atoms with Crippen LogP contribution in [0.4, 0.5) is 17.6 Å². The molecule has 0 aliphatic carbocycles. The highest BCUT2D eigenvalue weighted by atomic mass is 16.5. The number of amides is 4. The Morgan fingerprint density at radius 1 is 0.706 bits per heavy atom. The summed E-state index contributed by atoms with van der Waals surface area (Å²) in [5.74, 6) is -1.74. The number of rotatable bonds is 25. The molecule has 22 nitrogen and oxygen atoms in total. The molecule has 4 amide bonds. The molecule has 0 radical (unpaired) electrons. The van der Waals surface area contributed by atoms with Crippen LogP contribution in [-0.4, -0.2) is 111 Å². The number of nitrogens with two attached hydrogens (primary N) is 4. The van der Waals surface area contributed by atoms with Gasteiger partial charge in [0, 0.05) is 61.9 Å². The second-order valence-corrected chi connectivity index (χ2v) is 15.2. The van der Waals surface area contributed by atoms with Crippen molar-refractivity contribution >= 4 is 74.7 Å². The Labute approximate surface area is 393 Å². The van der Waals surface area contributed by atoms with Gasteiger partial charge in [0.25, 0.3) is 11.8 Å². The predicted octanol–water partition coefficient (Wildman–Crippen LogP) is 3.23. The van der Waals surface area contributed by atoms with E-state index >= 15 is 0 Å². The molecule has 5 aromatic rings. The minimum atomic E-state index is -0.710. The maximum atomic E-state index is 13.8. The fraction of sp³-hybridized carbons (Fsp3) is 0.326. The number of carbonyl (C=O) groups is 4. The number of ether oxygens (including phenoxy) is 2. The normalized spacial score (nSPS) is 12.7. The highest BCUT2D eigenvalue weighted by molar-refractivity contribution is 6.47. The van der Waals surface area contributed by atoms with Crippen LogP contribution in [-0.2, 0) is 29.2 Å². The van der Waals surface area contributed by atoms with Gasteiger partial charge in [-0.25, -0.2) is 9.97 Å². The van der Waals surface area contributed by atoms with Crippen LogP contribution >= 0.6 is 0 Å². The molecule has 3 heterocycles. The zero-order valence-electron chi connectivity index (χ0n) is 39.1. The van der Waals surface area contributed by atoms with Gasteiger partial charge in [-0.05, 0) is 90.2 Å². The first-order valence-corrected chi connectivity index (χ1v) is 21.8. The van der Waals surface area contributed by atoms with Gasteiger partial charge in [-0.3, -0.25) is 44.5 Å². The van der Waals surface area contributed by atoms with Gasteiger partial charge in [-0.15, -0.1) is 0 Å². The van der Waals surface area contributed by atoms with Crippen molar-refractivity contribution in [3.63, 3.8) is 0 Å². The maximum Gasteiger partial charge on any atom is 0.276 e. The summed E-state index contributed by atoms with van der Waals surface area (Å²) in [7, 11) is 3.64. The second-order valence-electron chi connectivity index (χ2n) is 15.2. The number of allylic oxidation sites excluding steroid dienone is 5. The van der Waals surface area contributed by atoms with E-state index in [4.69, 9.17) is 42.4 Å². The minimum absolute atomic E-state index is 0.0781. The smallest absolute Gasteiger partial charge is 0.276 e. The third kappa shape index (κ3) is 13.4. The van der Waals surface area contributed by atoms with E-state index in [-0.39, 0.29) is 59.9 Å². The fourth-order valence-corrected chi connectivity index (χ4v) is 6.75. The number of nitrogens with one attached hydrogen (secondary N) is 4. The first-order chi connectivity index (χ1) is 32.7. The summed E-state index contributed by atoms with van der Waals surface area (Å²) in [6.45, 7) is 9.23. The Bertz CT molecular complexity index is 2820. The SMILES string of the molecule is CCN=C(/C=C(/C)N)C(=O)Nc1nc2cc(C(N)=O)cc(OC/C=C/Cn3cc(NC)cn3)c2n1C/C=C/Cn1c(NC(=O)C(/C=C(/C)N)=NCC)nc2cc(C(N)=O)cc(OCCCNC)c21. The summed E-state index contributed by atoms with van der Waals surface area (Å²) in [6, 6.07) is 6.10. The number of imidazole rings is 2. The average molecular weight is 933 g/mol. The quantitative estimate of drug-likeness (QED) is 0.0237. The van der Waals surface area contributed by atoms with Crippen molar-refractivity contribution in [2.45, 2.75) is 53.8 Å². The monoisotopic (exact) mass is 932 g/mol. The zero-order chi connectivity index (χ0) is 49.3. The highest BCUT2D eigenvalue weighted by Crippen LogP contribution is 2.33. The summed E-state index contributed by atoms with van der Waals surface area (Å²) < 4.78 is 17.7. The Balaban J connectivity index is 1.60. The van der Waals surface area contributed by atoms with E-state index in [0.717, 1.165) is 5.69 Å². The van der Waals surface area contributed by atoms with Gasteiger partial charge in [0.1, 0.15) is 40.6 Å². The molecule has 0 unspecified atom stereocenters. The number of hydrogen-bond donors (Lipinski definition) is 8. The summed E-state index contributed by atoms with van der Waals surface area (Å²) in [4.78, 5) is 70.6. The molecule has 0 spiro atoms. The van der Waals surface area contributed by atoms with Crippen molar-refractivity contribution in [2.24, 2.45) is 32.9 Å². The van der Waals surface area contributed by atoms with E-state index < -0.39 is 23.6 Å². The van der Waals surface area contributed by atoms with Crippen molar-refractivity contribution in [3.8, 4) is 11.5 Å². The molecule has 0 aliphatic heterocycles. The number of anilines is 3. The van der Waals surface area contributed by atoms with Gasteiger partial charge in [-0.2, -0.15) is 5.10 Å². The van der Waals surface area contributed by atoms with E-state index in [1.165, 1.54) is 30.4 Å². The van der Waals surface area contributed by atoms with Gasteiger partial charge >= 0.3 is 0 Å². The van der Waals surface area contributed by atoms with Crippen molar-refractivity contribution in [1.29, 1.82) is 0 Å². The van der Waals surface area contributed by atoms with Crippen molar-refractivity contribution in [1.82, 2.24) is 34.2 Å². The Morgan fingerprint density at radius 2 is 1.21 bits per heavy atom. The van der Waals surface area contributed by atoms with Crippen LogP contribution in [0.15, 0.2) is 94.5 Å². The predicted molar refractivity (Wildman–Crippen MR) is 265 cm³/mol. The summed E-state index contributed by atoms with van der Waals surface area (Å²) in [6.07, 6.45) is 14.5. The number of aliphatic imine (C=N–C) groups is 2. The van der Waals surface area contributed by atoms with Gasteiger partial charge < -0.3 is 52.2 Å². The molecule has 2 aromatic carbocycles. The number of benzene rings is 2. The first-order valence-electron chi connectivity index (χ1n) is 21.8. The Morgan fingerprint density at radius 3 is 1.65 bits per heavy atom. The van der Waals surface area contributed by atoms with Gasteiger partial charge in [0.15, 0.2) is 0 Å². The van der Waals surface area contributed by atoms with Crippen LogP contribution in [0, 0.1) is 0 Å². The fourth-order valence-electron chi connectivity index (χ4n) is 6.75. The summed E-state index contributed by atoms with van der Waals surface area (Å²) in [5, 5.41) is 16.2. The molecule has 0 aliphatic rings. The van der Waals surface area contributed by atoms with Crippen LogP contribution in [0.3, 0.4) is 0 Å². The largest absolute Gasteiger partial charge is 0.491 e. The average Bonchev–Trinajstić information content (AvgIpc) is 4.00. The summed E-state index contributed by atoms with van der Waals surface area (Å²) >= 11 is 0. The molecule has 0 atom stereocenters. The molecule has 360 valence electrons. The molecule has 68 heavy (non-hydrogen) atoms. The molecule has 22 heteroatoms. The van der Waals surface area contributed by atoms with Crippen molar-refractivity contribution < 1.29 is 28.7 Å². The molecule has 0 saturated heterocycles. The Kier molecular flexibility index (Phi) is 18.1. The summed E-state index contributed by atoms with van der Waals surface area (Å²) in [5.41, 5.74) is 27.0. The number of fused-ring (bicyclic) bond motifs is 2. The first kappa shape index (κ1) is 50.7. The molecule has 0 fully saturated rings. The molecule has 0 bridgehead atoms. The lowest BCUT2D eigenvalue weighted by molar-refractivity contribution is -0.111. The lowest BCUT2D eigenvalue weighted by Crippen LogP contribution is -2.24. The maximum absolute atomic E-state index is 13.8. The number of aromatic nitrogens is 6. The Hall–Kier alpha value is -8.27. The lowest BCUT2D eigenvalue weighted by atomic mass is 10.1. The number of primary amides is 2. The van der Waals surface area contributed by atoms with Crippen molar-refractivity contribution in [2.75, 3.05) is 62.9 Å². The van der Waals surface area contributed by atoms with Crippen LogP contribution in [0.2, 0.25) is 0 Å². The van der Waals surface area contributed by atoms with E-state index in [9.17, 15) is 19.2 Å². The van der Waals surface area contributed by atoms with Gasteiger partial charge in [0.05, 0.1) is 36.1 Å². The number of hydrogen-bond acceptors (Lipinski definition) is 15. The van der Waals surface area contributed by atoms with E-state index in [1.807, 2.05) is 44.6 Å². The second kappa shape index (κ2) is 24.3. The third-order valence-electron chi connectivity index (χ3n) is 9.77. The lowest BCUT2D eigenvalue weighted by Gasteiger charge is -2.13. The third-order valence-corrected chi connectivity index (χ3v) is 9.77. The minimum Gasteiger partial charge on any atom is -0.491 e. The van der Waals surface area contributed by atoms with Crippen molar-refractivity contribution in [3.05, 3.63) is 95.6 Å². The molecular formula is C46H60N16O6. The topological polar surface area (TPSA) is 317 Å². The van der Waals surface area contributed by atoms with Crippen LogP contribution < -0.4 is 53.7 Å².